The number of nitrogens with one attached hydrogen (secondary N) is 1. The van der Waals surface area contributed by atoms with Gasteiger partial charge >= 0.3 is 0 Å². The zero-order valence-electron chi connectivity index (χ0n) is 14.5. The van der Waals surface area contributed by atoms with Crippen molar-refractivity contribution in [3.05, 3.63) is 114 Å². The SMILES string of the molecule is O=C(NN=C(c1ccccc1)c1ccccn1)c1cccc2ccccc12. The van der Waals surface area contributed by atoms with Crippen molar-refractivity contribution < 1.29 is 4.79 Å². The molecule has 0 bridgehead atoms. The minimum atomic E-state index is -0.254. The molecule has 1 N–H and O–H groups in total. The first-order valence-electron chi connectivity index (χ1n) is 8.65. The monoisotopic (exact) mass is 351 g/mol. The van der Waals surface area contributed by atoms with Crippen LogP contribution in [-0.2, 0) is 0 Å². The first-order valence-corrected chi connectivity index (χ1v) is 8.65. The lowest BCUT2D eigenvalue weighted by molar-refractivity contribution is 0.0956. The number of hydrogen-bond donors (Lipinski definition) is 1. The number of hydrogen-bond acceptors (Lipinski definition) is 3. The zero-order valence-corrected chi connectivity index (χ0v) is 14.5. The smallest absolute Gasteiger partial charge is 0.267 e. The molecule has 0 spiro atoms. The van der Waals surface area contributed by atoms with E-state index >= 15 is 0 Å². The number of benzene rings is 3. The lowest BCUT2D eigenvalue weighted by Gasteiger charge is -2.08. The molecule has 1 aromatic heterocycles. The van der Waals surface area contributed by atoms with Crippen molar-refractivity contribution in [2.45, 2.75) is 0 Å². The van der Waals surface area contributed by atoms with Crippen molar-refractivity contribution in [1.29, 1.82) is 0 Å². The number of rotatable bonds is 4. The largest absolute Gasteiger partial charge is 0.272 e. The highest BCUT2D eigenvalue weighted by molar-refractivity contribution is 6.13. The predicted octanol–water partition coefficient (Wildman–Crippen LogP) is 4.42. The van der Waals surface area contributed by atoms with Crippen LogP contribution in [0.25, 0.3) is 10.8 Å². The van der Waals surface area contributed by atoms with Crippen molar-refractivity contribution in [2.24, 2.45) is 5.10 Å². The Bertz CT molecular complexity index is 1060. The highest BCUT2D eigenvalue weighted by atomic mass is 16.2. The van der Waals surface area contributed by atoms with Crippen LogP contribution >= 0.6 is 0 Å². The maximum atomic E-state index is 12.8. The lowest BCUT2D eigenvalue weighted by atomic mass is 10.0. The van der Waals surface area contributed by atoms with Gasteiger partial charge in [-0.25, -0.2) is 5.43 Å². The van der Waals surface area contributed by atoms with Gasteiger partial charge in [0.05, 0.1) is 5.69 Å². The molecule has 0 fully saturated rings. The molecular formula is C23H17N3O. The Kier molecular flexibility index (Phi) is 4.70. The van der Waals surface area contributed by atoms with Crippen LogP contribution in [0.3, 0.4) is 0 Å². The van der Waals surface area contributed by atoms with Crippen molar-refractivity contribution >= 4 is 22.4 Å². The van der Waals surface area contributed by atoms with Gasteiger partial charge in [-0.15, -0.1) is 0 Å². The molecular weight excluding hydrogens is 334 g/mol. The molecule has 130 valence electrons. The molecule has 0 atom stereocenters. The van der Waals surface area contributed by atoms with Gasteiger partial charge in [0.25, 0.3) is 5.91 Å². The van der Waals surface area contributed by atoms with Crippen LogP contribution in [0, 0.1) is 0 Å². The van der Waals surface area contributed by atoms with Gasteiger partial charge in [-0.2, -0.15) is 5.10 Å². The average molecular weight is 351 g/mol. The maximum absolute atomic E-state index is 12.8. The first kappa shape index (κ1) is 16.7. The predicted molar refractivity (Wildman–Crippen MR) is 108 cm³/mol. The number of aromatic nitrogens is 1. The minimum absolute atomic E-state index is 0.254. The van der Waals surface area contributed by atoms with Crippen molar-refractivity contribution in [2.75, 3.05) is 0 Å². The number of hydrazone groups is 1. The Morgan fingerprint density at radius 3 is 2.33 bits per heavy atom. The molecule has 27 heavy (non-hydrogen) atoms. The Morgan fingerprint density at radius 1 is 0.778 bits per heavy atom. The van der Waals surface area contributed by atoms with Crippen molar-refractivity contribution in [3.8, 4) is 0 Å². The Labute approximate surface area is 157 Å². The summed E-state index contributed by atoms with van der Waals surface area (Å²) in [6.07, 6.45) is 1.71. The van der Waals surface area contributed by atoms with E-state index in [1.165, 1.54) is 0 Å². The van der Waals surface area contributed by atoms with Crippen LogP contribution in [0.1, 0.15) is 21.6 Å². The third-order valence-corrected chi connectivity index (χ3v) is 4.26. The second-order valence-electron chi connectivity index (χ2n) is 6.01. The number of amides is 1. The van der Waals surface area contributed by atoms with Gasteiger partial charge in [0.1, 0.15) is 5.71 Å². The third kappa shape index (κ3) is 3.60. The van der Waals surface area contributed by atoms with Gasteiger partial charge in [0.2, 0.25) is 0 Å². The molecule has 0 radical (unpaired) electrons. The van der Waals surface area contributed by atoms with Gasteiger partial charge in [0, 0.05) is 17.3 Å². The normalized spacial score (nSPS) is 11.3. The second kappa shape index (κ2) is 7.62. The van der Waals surface area contributed by atoms with Gasteiger partial charge in [-0.3, -0.25) is 9.78 Å². The van der Waals surface area contributed by atoms with E-state index in [0.717, 1.165) is 16.3 Å². The van der Waals surface area contributed by atoms with E-state index < -0.39 is 0 Å². The van der Waals surface area contributed by atoms with Crippen LogP contribution in [0.5, 0.6) is 0 Å². The van der Waals surface area contributed by atoms with E-state index in [1.807, 2.05) is 84.9 Å². The van der Waals surface area contributed by atoms with E-state index in [-0.39, 0.29) is 5.91 Å². The van der Waals surface area contributed by atoms with E-state index in [2.05, 4.69) is 15.5 Å². The van der Waals surface area contributed by atoms with Gasteiger partial charge in [0.15, 0.2) is 0 Å². The standard InChI is InChI=1S/C23H17N3O/c27-23(20-14-8-12-17-9-4-5-13-19(17)20)26-25-22(18-10-2-1-3-11-18)21-15-6-7-16-24-21/h1-16H,(H,26,27). The summed E-state index contributed by atoms with van der Waals surface area (Å²) >= 11 is 0. The fourth-order valence-corrected chi connectivity index (χ4v) is 2.96. The Balaban J connectivity index is 1.70. The molecule has 4 heteroatoms. The molecule has 0 aliphatic heterocycles. The van der Waals surface area contributed by atoms with Crippen LogP contribution in [0.2, 0.25) is 0 Å². The van der Waals surface area contributed by atoms with Gasteiger partial charge in [-0.05, 0) is 29.0 Å². The van der Waals surface area contributed by atoms with E-state index in [0.29, 0.717) is 17.0 Å². The van der Waals surface area contributed by atoms with Crippen molar-refractivity contribution in [1.82, 2.24) is 10.4 Å². The molecule has 3 aromatic carbocycles. The molecule has 1 heterocycles. The molecule has 0 aliphatic rings. The van der Waals surface area contributed by atoms with Crippen LogP contribution in [0.4, 0.5) is 0 Å². The lowest BCUT2D eigenvalue weighted by Crippen LogP contribution is -2.21. The molecule has 0 saturated carbocycles. The molecule has 4 nitrogen and oxygen atoms in total. The van der Waals surface area contributed by atoms with Crippen LogP contribution in [0.15, 0.2) is 102 Å². The van der Waals surface area contributed by atoms with Crippen LogP contribution in [-0.4, -0.2) is 16.6 Å². The number of nitrogens with zero attached hydrogens (tertiary/aromatic N) is 2. The van der Waals surface area contributed by atoms with E-state index in [4.69, 9.17) is 0 Å². The molecule has 1 amide bonds. The molecule has 0 saturated heterocycles. The number of fused-ring (bicyclic) bond motifs is 1. The van der Waals surface area contributed by atoms with Gasteiger partial charge < -0.3 is 0 Å². The van der Waals surface area contributed by atoms with Gasteiger partial charge in [-0.1, -0.05) is 72.8 Å². The summed E-state index contributed by atoms with van der Waals surface area (Å²) in [6.45, 7) is 0. The summed E-state index contributed by atoms with van der Waals surface area (Å²) in [7, 11) is 0. The molecule has 0 unspecified atom stereocenters. The molecule has 4 rings (SSSR count). The third-order valence-electron chi connectivity index (χ3n) is 4.26. The van der Waals surface area contributed by atoms with Crippen LogP contribution < -0.4 is 5.43 Å². The summed E-state index contributed by atoms with van der Waals surface area (Å²) in [5.41, 5.74) is 5.48. The highest BCUT2D eigenvalue weighted by Crippen LogP contribution is 2.18. The maximum Gasteiger partial charge on any atom is 0.272 e. The van der Waals surface area contributed by atoms with E-state index in [1.54, 1.807) is 12.3 Å². The minimum Gasteiger partial charge on any atom is -0.267 e. The molecule has 0 aliphatic carbocycles. The second-order valence-corrected chi connectivity index (χ2v) is 6.01. The topological polar surface area (TPSA) is 54.4 Å². The number of carbonyl (C=O) groups excluding carboxylic acids is 1. The average Bonchev–Trinajstić information content (AvgIpc) is 2.75. The summed E-state index contributed by atoms with van der Waals surface area (Å²) < 4.78 is 0. The summed E-state index contributed by atoms with van der Waals surface area (Å²) in [5.74, 6) is -0.254. The molecule has 4 aromatic rings. The number of pyridine rings is 1. The first-order chi connectivity index (χ1) is 13.3. The fraction of sp³-hybridized carbons (Fsp3) is 0. The van der Waals surface area contributed by atoms with Crippen molar-refractivity contribution in [3.63, 3.8) is 0 Å². The summed E-state index contributed by atoms with van der Waals surface area (Å²) in [4.78, 5) is 17.2. The number of carbonyl (C=O) groups is 1. The quantitative estimate of drug-likeness (QED) is 0.437. The Morgan fingerprint density at radius 2 is 1.52 bits per heavy atom. The zero-order chi connectivity index (χ0) is 18.5. The fourth-order valence-electron chi connectivity index (χ4n) is 2.96. The Hall–Kier alpha value is -3.79. The highest BCUT2D eigenvalue weighted by Gasteiger charge is 2.12. The van der Waals surface area contributed by atoms with E-state index in [9.17, 15) is 4.79 Å². The summed E-state index contributed by atoms with van der Waals surface area (Å²) in [5, 5.41) is 6.31. The summed E-state index contributed by atoms with van der Waals surface area (Å²) in [6, 6.07) is 28.8.